The first kappa shape index (κ1) is 23.2. The Bertz CT molecular complexity index is 974. The van der Waals surface area contributed by atoms with Gasteiger partial charge in [-0.2, -0.15) is 0 Å². The van der Waals surface area contributed by atoms with Gasteiger partial charge >= 0.3 is 5.97 Å². The van der Waals surface area contributed by atoms with Crippen LogP contribution in [0.1, 0.15) is 53.8 Å². The van der Waals surface area contributed by atoms with Crippen LogP contribution in [0.15, 0.2) is 41.8 Å². The molecule has 1 aliphatic carbocycles. The minimum atomic E-state index is -1.17. The normalized spacial score (nSPS) is 18.5. The summed E-state index contributed by atoms with van der Waals surface area (Å²) in [5, 5.41) is 2.21. The predicted octanol–water partition coefficient (Wildman–Crippen LogP) is 4.40. The highest BCUT2D eigenvalue weighted by atomic mass is 35.5. The molecule has 0 spiro atoms. The number of nitrogens with zero attached hydrogens (tertiary/aromatic N) is 1. The molecular weight excluding hydrogens is 438 g/mol. The summed E-state index contributed by atoms with van der Waals surface area (Å²) in [5.74, 6) is -1.34. The van der Waals surface area contributed by atoms with E-state index < -0.39 is 24.0 Å². The summed E-state index contributed by atoms with van der Waals surface area (Å²) in [4.78, 5) is 52.0. The number of halogens is 1. The van der Waals surface area contributed by atoms with Gasteiger partial charge in [0.2, 0.25) is 0 Å². The van der Waals surface area contributed by atoms with E-state index in [1.807, 2.05) is 0 Å². The van der Waals surface area contributed by atoms with Crippen molar-refractivity contribution in [1.29, 1.82) is 0 Å². The molecule has 0 N–H and O–H groups in total. The molecule has 1 saturated carbocycles. The van der Waals surface area contributed by atoms with Crippen LogP contribution in [-0.2, 0) is 24.7 Å². The number of rotatable bonds is 8. The van der Waals surface area contributed by atoms with Gasteiger partial charge in [-0.05, 0) is 36.8 Å². The van der Waals surface area contributed by atoms with Crippen LogP contribution in [-0.4, -0.2) is 42.0 Å². The summed E-state index contributed by atoms with van der Waals surface area (Å²) in [7, 11) is 1.54. The number of Topliss-reactive ketones (excluding diaryl/α,β-unsaturated/α-hetero) is 2. The number of carbonyl (C=O) groups is 4. The fourth-order valence-electron chi connectivity index (χ4n) is 3.93. The molecule has 1 aliphatic rings. The minimum Gasteiger partial charge on any atom is -0.456 e. The molecule has 2 aromatic rings. The van der Waals surface area contributed by atoms with Gasteiger partial charge in [0, 0.05) is 30.5 Å². The van der Waals surface area contributed by atoms with Gasteiger partial charge in [0.05, 0.1) is 11.3 Å². The fourth-order valence-corrected chi connectivity index (χ4v) is 4.92. The van der Waals surface area contributed by atoms with Crippen molar-refractivity contribution in [3.63, 3.8) is 0 Å². The first-order valence-electron chi connectivity index (χ1n) is 10.1. The first-order valence-corrected chi connectivity index (χ1v) is 11.4. The number of carbonyl (C=O) groups excluding carboxylic acids is 4. The molecule has 164 valence electrons. The van der Waals surface area contributed by atoms with Crippen LogP contribution in [0, 0.1) is 0 Å². The first-order chi connectivity index (χ1) is 14.9. The van der Waals surface area contributed by atoms with Gasteiger partial charge < -0.3 is 9.64 Å². The van der Waals surface area contributed by atoms with Crippen molar-refractivity contribution in [3.05, 3.63) is 57.2 Å². The van der Waals surface area contributed by atoms with E-state index in [1.165, 1.54) is 16.2 Å². The average Bonchev–Trinajstić information content (AvgIpc) is 3.31. The maximum atomic E-state index is 13.0. The Morgan fingerprint density at radius 1 is 1.13 bits per heavy atom. The molecule has 1 heterocycles. The van der Waals surface area contributed by atoms with Crippen molar-refractivity contribution < 1.29 is 23.9 Å². The molecule has 0 radical (unpaired) electrons. The third-order valence-electron chi connectivity index (χ3n) is 5.63. The number of likely N-dealkylation sites (N-methyl/N-ethyl adjacent to an activating group) is 1. The van der Waals surface area contributed by atoms with Gasteiger partial charge in [0.25, 0.3) is 5.91 Å². The molecule has 8 heteroatoms. The molecule has 1 atom stereocenters. The van der Waals surface area contributed by atoms with Crippen LogP contribution in [0.5, 0.6) is 0 Å². The summed E-state index contributed by atoms with van der Waals surface area (Å²) in [6, 6.07) is 10.5. The molecule has 1 amide bonds. The number of esters is 1. The van der Waals surface area contributed by atoms with Crippen LogP contribution in [0.3, 0.4) is 0 Å². The third kappa shape index (κ3) is 5.05. The van der Waals surface area contributed by atoms with Crippen molar-refractivity contribution >= 4 is 46.4 Å². The van der Waals surface area contributed by atoms with Gasteiger partial charge in [-0.1, -0.05) is 35.9 Å². The van der Waals surface area contributed by atoms with E-state index in [1.54, 1.807) is 48.8 Å². The summed E-state index contributed by atoms with van der Waals surface area (Å²) >= 11 is 7.71. The van der Waals surface area contributed by atoms with Crippen molar-refractivity contribution in [2.24, 2.45) is 0 Å². The zero-order chi connectivity index (χ0) is 22.4. The maximum absolute atomic E-state index is 13.0. The molecule has 1 fully saturated rings. The number of benzene rings is 1. The second-order valence-corrected chi connectivity index (χ2v) is 8.84. The number of hydrogen-bond donors (Lipinski definition) is 0. The van der Waals surface area contributed by atoms with Gasteiger partial charge in [-0.3, -0.25) is 19.2 Å². The lowest BCUT2D eigenvalue weighted by atomic mass is 9.74. The number of ether oxygens (including phenoxy) is 1. The Kier molecular flexibility index (Phi) is 7.62. The molecule has 0 unspecified atom stereocenters. The lowest BCUT2D eigenvalue weighted by molar-refractivity contribution is -0.157. The Morgan fingerprint density at radius 2 is 1.90 bits per heavy atom. The molecule has 6 nitrogen and oxygen atoms in total. The van der Waals surface area contributed by atoms with E-state index >= 15 is 0 Å². The second kappa shape index (κ2) is 10.2. The summed E-state index contributed by atoms with van der Waals surface area (Å²) in [6.07, 6.45) is 2.27. The smallest absolute Gasteiger partial charge is 0.306 e. The Balaban J connectivity index is 1.65. The Labute approximate surface area is 190 Å². The topological polar surface area (TPSA) is 80.8 Å². The number of ketones is 2. The average molecular weight is 462 g/mol. The van der Waals surface area contributed by atoms with E-state index in [-0.39, 0.29) is 24.4 Å². The fraction of sp³-hybridized carbons (Fsp3) is 0.391. The van der Waals surface area contributed by atoms with Gasteiger partial charge in [-0.25, -0.2) is 0 Å². The molecule has 0 bridgehead atoms. The van der Waals surface area contributed by atoms with Gasteiger partial charge in [0.1, 0.15) is 5.54 Å². The van der Waals surface area contributed by atoms with Crippen LogP contribution < -0.4 is 0 Å². The second-order valence-electron chi connectivity index (χ2n) is 7.48. The van der Waals surface area contributed by atoms with E-state index in [0.29, 0.717) is 28.3 Å². The van der Waals surface area contributed by atoms with Crippen molar-refractivity contribution in [2.75, 3.05) is 13.7 Å². The molecular formula is C23H24ClNO5S. The van der Waals surface area contributed by atoms with E-state index in [0.717, 1.165) is 12.8 Å². The summed E-state index contributed by atoms with van der Waals surface area (Å²) in [5.41, 5.74) is -0.583. The highest BCUT2D eigenvalue weighted by molar-refractivity contribution is 7.12. The molecule has 3 rings (SSSR count). The minimum absolute atomic E-state index is 0.0193. The number of hydrogen-bond acceptors (Lipinski definition) is 6. The SMILES string of the molecule is CN(C(=O)COC(=O)CCC(=O)c1cccs1)[C@@]1(c2ccccc2Cl)CCCCC1=O. The quantitative estimate of drug-likeness (QED) is 0.429. The lowest BCUT2D eigenvalue weighted by Crippen LogP contribution is -2.55. The van der Waals surface area contributed by atoms with E-state index in [4.69, 9.17) is 16.3 Å². The van der Waals surface area contributed by atoms with E-state index in [2.05, 4.69) is 0 Å². The highest BCUT2D eigenvalue weighted by Crippen LogP contribution is 2.42. The van der Waals surface area contributed by atoms with Crippen molar-refractivity contribution in [1.82, 2.24) is 4.90 Å². The molecule has 1 aromatic heterocycles. The zero-order valence-electron chi connectivity index (χ0n) is 17.3. The van der Waals surface area contributed by atoms with Crippen LogP contribution in [0.4, 0.5) is 0 Å². The maximum Gasteiger partial charge on any atom is 0.306 e. The zero-order valence-corrected chi connectivity index (χ0v) is 18.8. The molecule has 0 aliphatic heterocycles. The highest BCUT2D eigenvalue weighted by Gasteiger charge is 2.47. The predicted molar refractivity (Wildman–Crippen MR) is 118 cm³/mol. The molecule has 0 saturated heterocycles. The van der Waals surface area contributed by atoms with Crippen LogP contribution >= 0.6 is 22.9 Å². The number of thiophene rings is 1. The largest absolute Gasteiger partial charge is 0.456 e. The van der Waals surface area contributed by atoms with Gasteiger partial charge in [0.15, 0.2) is 18.2 Å². The molecule has 1 aromatic carbocycles. The molecule has 31 heavy (non-hydrogen) atoms. The van der Waals surface area contributed by atoms with Gasteiger partial charge in [-0.15, -0.1) is 11.3 Å². The monoisotopic (exact) mass is 461 g/mol. The van der Waals surface area contributed by atoms with Crippen LogP contribution in [0.25, 0.3) is 0 Å². The Morgan fingerprint density at radius 3 is 2.58 bits per heavy atom. The lowest BCUT2D eigenvalue weighted by Gasteiger charge is -2.43. The van der Waals surface area contributed by atoms with Crippen molar-refractivity contribution in [3.8, 4) is 0 Å². The van der Waals surface area contributed by atoms with Crippen LogP contribution in [0.2, 0.25) is 5.02 Å². The van der Waals surface area contributed by atoms with E-state index in [9.17, 15) is 19.2 Å². The van der Waals surface area contributed by atoms with Crippen molar-refractivity contribution in [2.45, 2.75) is 44.1 Å². The third-order valence-corrected chi connectivity index (χ3v) is 6.87. The Hall–Kier alpha value is -2.51. The summed E-state index contributed by atoms with van der Waals surface area (Å²) in [6.45, 7) is -0.498. The summed E-state index contributed by atoms with van der Waals surface area (Å²) < 4.78 is 5.11. The number of amides is 1. The standard InChI is InChI=1S/C23H24ClNO5S/c1-25(21(28)15-30-22(29)12-11-18(26)19-9-6-14-31-19)23(13-5-4-10-20(23)27)16-7-2-3-8-17(16)24/h2-3,6-9,14H,4-5,10-13,15H2,1H3/t23-/m1/s1.